The van der Waals surface area contributed by atoms with Gasteiger partial charge in [-0.05, 0) is 6.92 Å². The summed E-state index contributed by atoms with van der Waals surface area (Å²) in [6.07, 6.45) is 3.81. The van der Waals surface area contributed by atoms with E-state index < -0.39 is 0 Å². The van der Waals surface area contributed by atoms with E-state index in [9.17, 15) is 0 Å². The van der Waals surface area contributed by atoms with Crippen LogP contribution in [0, 0.1) is 0 Å². The van der Waals surface area contributed by atoms with E-state index in [1.54, 1.807) is 0 Å². The lowest BCUT2D eigenvalue weighted by Crippen LogP contribution is -1.99. The van der Waals surface area contributed by atoms with Gasteiger partial charge in [-0.1, -0.05) is 17.2 Å². The van der Waals surface area contributed by atoms with Crippen molar-refractivity contribution in [3.05, 3.63) is 29.7 Å². The van der Waals surface area contributed by atoms with Crippen molar-refractivity contribution in [1.29, 1.82) is 0 Å². The zero-order chi connectivity index (χ0) is 9.68. The summed E-state index contributed by atoms with van der Waals surface area (Å²) in [4.78, 5) is 7.76. The van der Waals surface area contributed by atoms with E-state index in [-0.39, 0.29) is 0 Å². The molecule has 0 spiro atoms. The molecule has 0 bridgehead atoms. The van der Waals surface area contributed by atoms with Gasteiger partial charge in [0.25, 0.3) is 0 Å². The third-order valence-corrected chi connectivity index (χ3v) is 1.54. The molecule has 0 aromatic carbocycles. The number of hydrogen-bond acceptors (Lipinski definition) is 3. The van der Waals surface area contributed by atoms with Crippen LogP contribution in [0.3, 0.4) is 0 Å². The summed E-state index contributed by atoms with van der Waals surface area (Å²) in [6.45, 7) is 6.27. The Hall–Kier alpha value is -1.09. The van der Waals surface area contributed by atoms with Gasteiger partial charge in [0.05, 0.1) is 19.0 Å². The van der Waals surface area contributed by atoms with Crippen molar-refractivity contribution in [2.24, 2.45) is 0 Å². The molecule has 1 rings (SSSR count). The predicted molar refractivity (Wildman–Crippen MR) is 52.0 cm³/mol. The summed E-state index contributed by atoms with van der Waals surface area (Å²) in [6, 6.07) is 0. The molecule has 0 radical (unpaired) electrons. The van der Waals surface area contributed by atoms with Crippen molar-refractivity contribution in [2.75, 3.05) is 6.61 Å². The maximum absolute atomic E-state index is 5.62. The maximum Gasteiger partial charge on any atom is 0.233 e. The predicted octanol–water partition coefficient (Wildman–Crippen LogP) is 2.48. The van der Waals surface area contributed by atoms with Crippen molar-refractivity contribution in [1.82, 2.24) is 9.97 Å². The van der Waals surface area contributed by atoms with E-state index >= 15 is 0 Å². The number of rotatable bonds is 4. The molecule has 0 unspecified atom stereocenters. The van der Waals surface area contributed by atoms with Gasteiger partial charge in [0.15, 0.2) is 5.15 Å². The second-order valence-electron chi connectivity index (χ2n) is 2.74. The lowest BCUT2D eigenvalue weighted by atomic mass is 10.3. The van der Waals surface area contributed by atoms with Crippen LogP contribution in [-0.2, 0) is 0 Å². The second-order valence-corrected chi connectivity index (χ2v) is 3.12. The van der Waals surface area contributed by atoms with Gasteiger partial charge in [-0.3, -0.25) is 4.98 Å². The van der Waals surface area contributed by atoms with Crippen molar-refractivity contribution in [3.63, 3.8) is 0 Å². The van der Waals surface area contributed by atoms with Crippen LogP contribution in [-0.4, -0.2) is 16.6 Å². The first kappa shape index (κ1) is 9.99. The molecule has 1 aromatic rings. The van der Waals surface area contributed by atoms with Gasteiger partial charge < -0.3 is 4.74 Å². The summed E-state index contributed by atoms with van der Waals surface area (Å²) in [5.41, 5.74) is 1.08. The summed E-state index contributed by atoms with van der Waals surface area (Å²) in [5.74, 6) is 0.453. The van der Waals surface area contributed by atoms with E-state index in [1.165, 1.54) is 12.4 Å². The number of hydrogen-bond donors (Lipinski definition) is 0. The highest BCUT2D eigenvalue weighted by atomic mass is 35.5. The summed E-state index contributed by atoms with van der Waals surface area (Å²) >= 11 is 5.62. The van der Waals surface area contributed by atoms with Gasteiger partial charge >= 0.3 is 0 Å². The fourth-order valence-corrected chi connectivity index (χ4v) is 0.865. The van der Waals surface area contributed by atoms with Crippen LogP contribution in [0.5, 0.6) is 5.88 Å². The molecule has 1 aromatic heterocycles. The topological polar surface area (TPSA) is 35.0 Å². The molecule has 70 valence electrons. The molecule has 0 N–H and O–H groups in total. The Kier molecular flexibility index (Phi) is 3.71. The highest BCUT2D eigenvalue weighted by Crippen LogP contribution is 2.09. The quantitative estimate of drug-likeness (QED) is 0.698. The van der Waals surface area contributed by atoms with Gasteiger partial charge in [0.2, 0.25) is 5.88 Å². The summed E-state index contributed by atoms with van der Waals surface area (Å²) in [7, 11) is 0. The van der Waals surface area contributed by atoms with Crippen LogP contribution >= 0.6 is 11.6 Å². The molecule has 0 atom stereocenters. The molecule has 0 aliphatic heterocycles. The molecule has 0 amide bonds. The van der Waals surface area contributed by atoms with Crippen LogP contribution < -0.4 is 4.74 Å². The van der Waals surface area contributed by atoms with Gasteiger partial charge in [-0.15, -0.1) is 6.58 Å². The van der Waals surface area contributed by atoms with E-state index in [1.807, 2.05) is 6.92 Å². The Labute approximate surface area is 82.4 Å². The Bertz CT molecular complexity index is 301. The average molecular weight is 199 g/mol. The first-order valence-corrected chi connectivity index (χ1v) is 4.31. The average Bonchev–Trinajstić information content (AvgIpc) is 2.03. The molecule has 4 heteroatoms. The summed E-state index contributed by atoms with van der Waals surface area (Å²) in [5, 5.41) is 0.341. The third kappa shape index (κ3) is 3.90. The minimum Gasteiger partial charge on any atom is -0.476 e. The minimum atomic E-state index is 0.341. The van der Waals surface area contributed by atoms with E-state index in [2.05, 4.69) is 16.5 Å². The maximum atomic E-state index is 5.62. The number of ether oxygens (including phenoxy) is 1. The van der Waals surface area contributed by atoms with Crippen LogP contribution in [0.1, 0.15) is 13.3 Å². The molecular formula is C9H11ClN2O. The fourth-order valence-electron chi connectivity index (χ4n) is 0.725. The molecule has 3 nitrogen and oxygen atoms in total. The zero-order valence-electron chi connectivity index (χ0n) is 7.46. The molecule has 13 heavy (non-hydrogen) atoms. The molecule has 0 fully saturated rings. The van der Waals surface area contributed by atoms with Gasteiger partial charge in [-0.2, -0.15) is 4.98 Å². The smallest absolute Gasteiger partial charge is 0.233 e. The van der Waals surface area contributed by atoms with Gasteiger partial charge in [0.1, 0.15) is 0 Å². The lowest BCUT2D eigenvalue weighted by molar-refractivity contribution is 0.308. The highest BCUT2D eigenvalue weighted by molar-refractivity contribution is 6.29. The van der Waals surface area contributed by atoms with E-state index in [0.717, 1.165) is 12.0 Å². The van der Waals surface area contributed by atoms with E-state index in [0.29, 0.717) is 17.6 Å². The van der Waals surface area contributed by atoms with Crippen molar-refractivity contribution in [2.45, 2.75) is 13.3 Å². The molecule has 0 aliphatic rings. The fraction of sp³-hybridized carbons (Fsp3) is 0.333. The van der Waals surface area contributed by atoms with Crippen LogP contribution in [0.25, 0.3) is 0 Å². The van der Waals surface area contributed by atoms with Crippen LogP contribution in [0.4, 0.5) is 0 Å². The highest BCUT2D eigenvalue weighted by Gasteiger charge is 1.96. The SMILES string of the molecule is C=C(C)CCOc1cncc(Cl)n1. The lowest BCUT2D eigenvalue weighted by Gasteiger charge is -2.03. The molecular weight excluding hydrogens is 188 g/mol. The second kappa shape index (κ2) is 4.82. The zero-order valence-corrected chi connectivity index (χ0v) is 8.21. The standard InChI is InChI=1S/C9H11ClN2O/c1-7(2)3-4-13-9-6-11-5-8(10)12-9/h5-6H,1,3-4H2,2H3. The number of nitrogens with zero attached hydrogens (tertiary/aromatic N) is 2. The van der Waals surface area contributed by atoms with Crippen LogP contribution in [0.15, 0.2) is 24.5 Å². The Morgan fingerprint density at radius 3 is 3.00 bits per heavy atom. The third-order valence-electron chi connectivity index (χ3n) is 1.36. The van der Waals surface area contributed by atoms with Crippen molar-refractivity contribution >= 4 is 11.6 Å². The number of halogens is 1. The van der Waals surface area contributed by atoms with E-state index in [4.69, 9.17) is 16.3 Å². The largest absolute Gasteiger partial charge is 0.476 e. The first-order chi connectivity index (χ1) is 6.18. The summed E-state index contributed by atoms with van der Waals surface area (Å²) < 4.78 is 5.28. The van der Waals surface area contributed by atoms with Crippen LogP contribution in [0.2, 0.25) is 5.15 Å². The Morgan fingerprint density at radius 2 is 2.38 bits per heavy atom. The minimum absolute atomic E-state index is 0.341. The molecule has 0 saturated heterocycles. The molecule has 0 aliphatic carbocycles. The molecule has 0 saturated carbocycles. The Balaban J connectivity index is 2.41. The number of aromatic nitrogens is 2. The van der Waals surface area contributed by atoms with Crippen molar-refractivity contribution in [3.8, 4) is 5.88 Å². The Morgan fingerprint density at radius 1 is 1.62 bits per heavy atom. The normalized spacial score (nSPS) is 9.69. The van der Waals surface area contributed by atoms with Gasteiger partial charge in [0, 0.05) is 6.42 Å². The first-order valence-electron chi connectivity index (χ1n) is 3.93. The molecule has 1 heterocycles. The van der Waals surface area contributed by atoms with Gasteiger partial charge in [-0.25, -0.2) is 0 Å². The monoisotopic (exact) mass is 198 g/mol. The van der Waals surface area contributed by atoms with Crippen molar-refractivity contribution < 1.29 is 4.74 Å².